The molecule has 2 aliphatic rings. The maximum absolute atomic E-state index is 11.7. The lowest BCUT2D eigenvalue weighted by molar-refractivity contribution is -0.159. The molecule has 0 aromatic carbocycles. The second-order valence-electron chi connectivity index (χ2n) is 4.88. The van der Waals surface area contributed by atoms with Gasteiger partial charge in [-0.1, -0.05) is 26.7 Å². The van der Waals surface area contributed by atoms with Crippen molar-refractivity contribution in [1.82, 2.24) is 5.32 Å². The van der Waals surface area contributed by atoms with Crippen LogP contribution in [0, 0.1) is 5.92 Å². The molecular formula is C11H19NO2. The molecule has 80 valence electrons. The van der Waals surface area contributed by atoms with Crippen LogP contribution in [0.1, 0.15) is 39.5 Å². The second-order valence-corrected chi connectivity index (χ2v) is 4.88. The van der Waals surface area contributed by atoms with Gasteiger partial charge in [-0.3, -0.25) is 10.1 Å². The summed E-state index contributed by atoms with van der Waals surface area (Å²) in [6.07, 6.45) is 4.20. The standard InChI is InChI=1S/C11H19NO2/c1-8(2)9-7-14-10(13)11(12-9)5-3-4-6-11/h8-9,12H,3-7H2,1-2H3/t9-/m0/s1. The second kappa shape index (κ2) is 3.54. The van der Waals surface area contributed by atoms with Crippen molar-refractivity contribution in [3.63, 3.8) is 0 Å². The summed E-state index contributed by atoms with van der Waals surface area (Å²) in [5, 5.41) is 3.50. The summed E-state index contributed by atoms with van der Waals surface area (Å²) in [7, 11) is 0. The monoisotopic (exact) mass is 197 g/mol. The quantitative estimate of drug-likeness (QED) is 0.647. The van der Waals surface area contributed by atoms with Crippen molar-refractivity contribution in [2.24, 2.45) is 5.92 Å². The van der Waals surface area contributed by atoms with Crippen LogP contribution in [0.2, 0.25) is 0 Å². The van der Waals surface area contributed by atoms with Crippen LogP contribution < -0.4 is 5.32 Å². The third-order valence-electron chi connectivity index (χ3n) is 3.51. The third kappa shape index (κ3) is 1.54. The van der Waals surface area contributed by atoms with Crippen LogP contribution in [0.15, 0.2) is 0 Å². The number of rotatable bonds is 1. The zero-order valence-corrected chi connectivity index (χ0v) is 9.01. The number of cyclic esters (lactones) is 1. The normalized spacial score (nSPS) is 31.1. The van der Waals surface area contributed by atoms with Crippen molar-refractivity contribution < 1.29 is 9.53 Å². The van der Waals surface area contributed by atoms with Crippen LogP contribution in [0.25, 0.3) is 0 Å². The third-order valence-corrected chi connectivity index (χ3v) is 3.51. The number of hydrogen-bond acceptors (Lipinski definition) is 3. The molecular weight excluding hydrogens is 178 g/mol. The Morgan fingerprint density at radius 3 is 2.64 bits per heavy atom. The molecule has 0 aromatic rings. The molecule has 1 saturated carbocycles. The highest BCUT2D eigenvalue weighted by atomic mass is 16.5. The smallest absolute Gasteiger partial charge is 0.326 e. The minimum absolute atomic E-state index is 0.0214. The van der Waals surface area contributed by atoms with Gasteiger partial charge in [0.2, 0.25) is 0 Å². The molecule has 1 atom stereocenters. The average Bonchev–Trinajstić information content (AvgIpc) is 2.59. The van der Waals surface area contributed by atoms with Gasteiger partial charge in [0.1, 0.15) is 12.1 Å². The van der Waals surface area contributed by atoms with Crippen LogP contribution in [-0.4, -0.2) is 24.2 Å². The maximum Gasteiger partial charge on any atom is 0.326 e. The van der Waals surface area contributed by atoms with Crippen molar-refractivity contribution in [3.8, 4) is 0 Å². The van der Waals surface area contributed by atoms with E-state index < -0.39 is 0 Å². The summed E-state index contributed by atoms with van der Waals surface area (Å²) >= 11 is 0. The van der Waals surface area contributed by atoms with E-state index in [1.807, 2.05) is 0 Å². The van der Waals surface area contributed by atoms with Gasteiger partial charge >= 0.3 is 5.97 Å². The van der Waals surface area contributed by atoms with E-state index in [0.717, 1.165) is 25.7 Å². The fourth-order valence-electron chi connectivity index (χ4n) is 2.45. The molecule has 1 saturated heterocycles. The Morgan fingerprint density at radius 2 is 2.07 bits per heavy atom. The molecule has 1 heterocycles. The molecule has 2 fully saturated rings. The summed E-state index contributed by atoms with van der Waals surface area (Å²) in [5.74, 6) is 0.507. The van der Waals surface area contributed by atoms with E-state index >= 15 is 0 Å². The Hall–Kier alpha value is -0.570. The lowest BCUT2D eigenvalue weighted by atomic mass is 9.91. The molecule has 1 aliphatic heterocycles. The lowest BCUT2D eigenvalue weighted by Gasteiger charge is -2.39. The molecule has 2 rings (SSSR count). The van der Waals surface area contributed by atoms with Crippen molar-refractivity contribution in [2.45, 2.75) is 51.1 Å². The van der Waals surface area contributed by atoms with Crippen molar-refractivity contribution in [2.75, 3.05) is 6.61 Å². The number of esters is 1. The SMILES string of the molecule is CC(C)[C@@H]1COC(=O)C2(CCCC2)N1. The lowest BCUT2D eigenvalue weighted by Crippen LogP contribution is -2.62. The maximum atomic E-state index is 11.7. The Bertz CT molecular complexity index is 231. The van der Waals surface area contributed by atoms with E-state index in [0.29, 0.717) is 18.6 Å². The molecule has 0 unspecified atom stereocenters. The average molecular weight is 197 g/mol. The summed E-state index contributed by atoms with van der Waals surface area (Å²) in [5.41, 5.74) is -0.326. The predicted molar refractivity (Wildman–Crippen MR) is 53.9 cm³/mol. The molecule has 1 N–H and O–H groups in total. The fraction of sp³-hybridized carbons (Fsp3) is 0.909. The summed E-state index contributed by atoms with van der Waals surface area (Å²) in [4.78, 5) is 11.7. The predicted octanol–water partition coefficient (Wildman–Crippen LogP) is 1.47. The van der Waals surface area contributed by atoms with Gasteiger partial charge in [0, 0.05) is 6.04 Å². The largest absolute Gasteiger partial charge is 0.463 e. The molecule has 3 heteroatoms. The zero-order chi connectivity index (χ0) is 10.2. The molecule has 3 nitrogen and oxygen atoms in total. The highest BCUT2D eigenvalue weighted by Crippen LogP contribution is 2.34. The number of carbonyl (C=O) groups excluding carboxylic acids is 1. The van der Waals surface area contributed by atoms with Crippen LogP contribution in [0.4, 0.5) is 0 Å². The van der Waals surface area contributed by atoms with E-state index in [1.54, 1.807) is 0 Å². The molecule has 1 spiro atoms. The molecule has 1 aliphatic carbocycles. The highest BCUT2D eigenvalue weighted by Gasteiger charge is 2.47. The zero-order valence-electron chi connectivity index (χ0n) is 9.01. The number of hydrogen-bond donors (Lipinski definition) is 1. The Balaban J connectivity index is 2.10. The Morgan fingerprint density at radius 1 is 1.43 bits per heavy atom. The van der Waals surface area contributed by atoms with Gasteiger partial charge in [-0.2, -0.15) is 0 Å². The van der Waals surface area contributed by atoms with Gasteiger partial charge in [-0.05, 0) is 18.8 Å². The molecule has 14 heavy (non-hydrogen) atoms. The number of ether oxygens (including phenoxy) is 1. The number of carbonyl (C=O) groups is 1. The van der Waals surface area contributed by atoms with Gasteiger partial charge in [-0.15, -0.1) is 0 Å². The van der Waals surface area contributed by atoms with Crippen LogP contribution in [0.5, 0.6) is 0 Å². The topological polar surface area (TPSA) is 38.3 Å². The van der Waals surface area contributed by atoms with Gasteiger partial charge in [-0.25, -0.2) is 0 Å². The minimum Gasteiger partial charge on any atom is -0.463 e. The Labute approximate surface area is 85.2 Å². The molecule has 0 aromatic heterocycles. The molecule has 0 bridgehead atoms. The van der Waals surface area contributed by atoms with E-state index in [4.69, 9.17) is 4.74 Å². The number of morpholine rings is 1. The van der Waals surface area contributed by atoms with Crippen molar-refractivity contribution >= 4 is 5.97 Å². The first-order chi connectivity index (χ1) is 6.64. The first kappa shape index (κ1) is 9.97. The van der Waals surface area contributed by atoms with Crippen LogP contribution in [-0.2, 0) is 9.53 Å². The summed E-state index contributed by atoms with van der Waals surface area (Å²) in [6, 6.07) is 0.339. The first-order valence-electron chi connectivity index (χ1n) is 5.59. The van der Waals surface area contributed by atoms with E-state index in [2.05, 4.69) is 19.2 Å². The minimum atomic E-state index is -0.326. The van der Waals surface area contributed by atoms with Gasteiger partial charge in [0.05, 0.1) is 0 Å². The highest BCUT2D eigenvalue weighted by molar-refractivity contribution is 5.82. The van der Waals surface area contributed by atoms with E-state index in [-0.39, 0.29) is 11.5 Å². The van der Waals surface area contributed by atoms with Gasteiger partial charge in [0.25, 0.3) is 0 Å². The van der Waals surface area contributed by atoms with Crippen LogP contribution in [0.3, 0.4) is 0 Å². The van der Waals surface area contributed by atoms with E-state index in [1.165, 1.54) is 0 Å². The fourth-order valence-corrected chi connectivity index (χ4v) is 2.45. The Kier molecular flexibility index (Phi) is 2.52. The summed E-state index contributed by atoms with van der Waals surface area (Å²) < 4.78 is 5.29. The van der Waals surface area contributed by atoms with Crippen molar-refractivity contribution in [1.29, 1.82) is 0 Å². The number of nitrogens with one attached hydrogen (secondary N) is 1. The van der Waals surface area contributed by atoms with Gasteiger partial charge < -0.3 is 4.74 Å². The summed E-state index contributed by atoms with van der Waals surface area (Å²) in [6.45, 7) is 4.87. The van der Waals surface area contributed by atoms with Crippen LogP contribution >= 0.6 is 0 Å². The van der Waals surface area contributed by atoms with Crippen molar-refractivity contribution in [3.05, 3.63) is 0 Å². The first-order valence-corrected chi connectivity index (χ1v) is 5.59. The molecule has 0 radical (unpaired) electrons. The molecule has 0 amide bonds. The van der Waals surface area contributed by atoms with Gasteiger partial charge in [0.15, 0.2) is 0 Å². The van der Waals surface area contributed by atoms with E-state index in [9.17, 15) is 4.79 Å².